The lowest BCUT2D eigenvalue weighted by Crippen LogP contribution is -2.13. The SMILES string of the molecule is Cc1cnc(NCC2(C)CC2)nc1. The van der Waals surface area contributed by atoms with Gasteiger partial charge in [0, 0.05) is 18.9 Å². The summed E-state index contributed by atoms with van der Waals surface area (Å²) in [6.45, 7) is 5.27. The molecule has 1 saturated carbocycles. The van der Waals surface area contributed by atoms with E-state index in [1.165, 1.54) is 12.8 Å². The summed E-state index contributed by atoms with van der Waals surface area (Å²) in [4.78, 5) is 8.37. The van der Waals surface area contributed by atoms with Crippen LogP contribution in [0.1, 0.15) is 25.3 Å². The Labute approximate surface area is 78.6 Å². The van der Waals surface area contributed by atoms with Crippen LogP contribution in [0.25, 0.3) is 0 Å². The highest BCUT2D eigenvalue weighted by molar-refractivity contribution is 5.25. The van der Waals surface area contributed by atoms with Crippen LogP contribution < -0.4 is 5.32 Å². The number of aromatic nitrogens is 2. The van der Waals surface area contributed by atoms with Crippen LogP contribution in [0.3, 0.4) is 0 Å². The van der Waals surface area contributed by atoms with E-state index in [9.17, 15) is 0 Å². The van der Waals surface area contributed by atoms with E-state index in [0.717, 1.165) is 18.1 Å². The van der Waals surface area contributed by atoms with E-state index in [2.05, 4.69) is 22.2 Å². The molecule has 1 aliphatic rings. The molecule has 0 amide bonds. The first-order valence-electron chi connectivity index (χ1n) is 4.71. The van der Waals surface area contributed by atoms with Crippen molar-refractivity contribution in [3.05, 3.63) is 18.0 Å². The fraction of sp³-hybridized carbons (Fsp3) is 0.600. The third kappa shape index (κ3) is 2.17. The van der Waals surface area contributed by atoms with Gasteiger partial charge in [-0.25, -0.2) is 9.97 Å². The maximum absolute atomic E-state index is 4.19. The Morgan fingerprint density at radius 3 is 2.54 bits per heavy atom. The zero-order valence-electron chi connectivity index (χ0n) is 8.17. The molecule has 0 saturated heterocycles. The molecular formula is C10H15N3. The van der Waals surface area contributed by atoms with E-state index in [4.69, 9.17) is 0 Å². The van der Waals surface area contributed by atoms with Gasteiger partial charge in [-0.05, 0) is 30.7 Å². The minimum absolute atomic E-state index is 0.508. The van der Waals surface area contributed by atoms with Crippen LogP contribution >= 0.6 is 0 Å². The van der Waals surface area contributed by atoms with Crippen molar-refractivity contribution in [3.63, 3.8) is 0 Å². The van der Waals surface area contributed by atoms with Crippen molar-refractivity contribution < 1.29 is 0 Å². The van der Waals surface area contributed by atoms with Crippen LogP contribution in [0.4, 0.5) is 5.95 Å². The molecule has 0 spiro atoms. The number of anilines is 1. The smallest absolute Gasteiger partial charge is 0.222 e. The van der Waals surface area contributed by atoms with Gasteiger partial charge in [-0.2, -0.15) is 0 Å². The average molecular weight is 177 g/mol. The molecule has 0 atom stereocenters. The second kappa shape index (κ2) is 2.98. The first-order valence-corrected chi connectivity index (χ1v) is 4.71. The molecule has 1 aromatic heterocycles. The fourth-order valence-electron chi connectivity index (χ4n) is 1.17. The third-order valence-electron chi connectivity index (χ3n) is 2.56. The van der Waals surface area contributed by atoms with Gasteiger partial charge >= 0.3 is 0 Å². The van der Waals surface area contributed by atoms with Crippen molar-refractivity contribution in [2.45, 2.75) is 26.7 Å². The first-order chi connectivity index (χ1) is 6.18. The Morgan fingerprint density at radius 2 is 2.00 bits per heavy atom. The maximum Gasteiger partial charge on any atom is 0.222 e. The highest BCUT2D eigenvalue weighted by Crippen LogP contribution is 2.44. The van der Waals surface area contributed by atoms with Crippen LogP contribution in [0, 0.1) is 12.3 Å². The number of rotatable bonds is 3. The van der Waals surface area contributed by atoms with Crippen molar-refractivity contribution >= 4 is 5.95 Å². The fourth-order valence-corrected chi connectivity index (χ4v) is 1.17. The zero-order valence-corrected chi connectivity index (χ0v) is 8.17. The monoisotopic (exact) mass is 177 g/mol. The minimum atomic E-state index is 0.508. The molecule has 70 valence electrons. The number of nitrogens with one attached hydrogen (secondary N) is 1. The molecular weight excluding hydrogens is 162 g/mol. The molecule has 1 aliphatic carbocycles. The van der Waals surface area contributed by atoms with Gasteiger partial charge in [0.25, 0.3) is 0 Å². The molecule has 13 heavy (non-hydrogen) atoms. The second-order valence-corrected chi connectivity index (χ2v) is 4.25. The summed E-state index contributed by atoms with van der Waals surface area (Å²) in [5.41, 5.74) is 1.61. The van der Waals surface area contributed by atoms with Crippen LogP contribution in [-0.2, 0) is 0 Å². The predicted octanol–water partition coefficient (Wildman–Crippen LogP) is 2.00. The van der Waals surface area contributed by atoms with Gasteiger partial charge in [0.05, 0.1) is 0 Å². The Bertz CT molecular complexity index is 288. The van der Waals surface area contributed by atoms with E-state index >= 15 is 0 Å². The molecule has 3 heteroatoms. The molecule has 1 N–H and O–H groups in total. The normalized spacial score (nSPS) is 18.3. The van der Waals surface area contributed by atoms with Crippen molar-refractivity contribution in [2.75, 3.05) is 11.9 Å². The quantitative estimate of drug-likeness (QED) is 0.767. The number of aryl methyl sites for hydroxylation is 1. The Hall–Kier alpha value is -1.12. The lowest BCUT2D eigenvalue weighted by molar-refractivity contribution is 0.607. The summed E-state index contributed by atoms with van der Waals surface area (Å²) in [5, 5.41) is 3.25. The summed E-state index contributed by atoms with van der Waals surface area (Å²) in [5.74, 6) is 0.749. The van der Waals surface area contributed by atoms with Gasteiger partial charge in [-0.3, -0.25) is 0 Å². The topological polar surface area (TPSA) is 37.8 Å². The van der Waals surface area contributed by atoms with Gasteiger partial charge < -0.3 is 5.32 Å². The molecule has 0 unspecified atom stereocenters. The second-order valence-electron chi connectivity index (χ2n) is 4.25. The van der Waals surface area contributed by atoms with Crippen LogP contribution in [0.15, 0.2) is 12.4 Å². The summed E-state index contributed by atoms with van der Waals surface area (Å²) in [7, 11) is 0. The molecule has 0 aromatic carbocycles. The van der Waals surface area contributed by atoms with Crippen molar-refractivity contribution in [1.29, 1.82) is 0 Å². The van der Waals surface area contributed by atoms with E-state index in [-0.39, 0.29) is 0 Å². The maximum atomic E-state index is 4.19. The summed E-state index contributed by atoms with van der Waals surface area (Å²) in [6, 6.07) is 0. The Kier molecular flexibility index (Phi) is 1.94. The van der Waals surface area contributed by atoms with Gasteiger partial charge in [0.1, 0.15) is 0 Å². The summed E-state index contributed by atoms with van der Waals surface area (Å²) >= 11 is 0. The van der Waals surface area contributed by atoms with E-state index in [1.54, 1.807) is 0 Å². The summed E-state index contributed by atoms with van der Waals surface area (Å²) < 4.78 is 0. The molecule has 1 fully saturated rings. The van der Waals surface area contributed by atoms with Gasteiger partial charge in [-0.15, -0.1) is 0 Å². The Balaban J connectivity index is 1.91. The molecule has 0 bridgehead atoms. The van der Waals surface area contributed by atoms with Crippen molar-refractivity contribution in [3.8, 4) is 0 Å². The highest BCUT2D eigenvalue weighted by Gasteiger charge is 2.36. The van der Waals surface area contributed by atoms with Crippen molar-refractivity contribution in [2.24, 2.45) is 5.41 Å². The van der Waals surface area contributed by atoms with E-state index < -0.39 is 0 Å². The molecule has 0 aliphatic heterocycles. The van der Waals surface area contributed by atoms with Gasteiger partial charge in [0.15, 0.2) is 0 Å². The number of hydrogen-bond donors (Lipinski definition) is 1. The van der Waals surface area contributed by atoms with Gasteiger partial charge in [-0.1, -0.05) is 6.92 Å². The predicted molar refractivity (Wildman–Crippen MR) is 52.6 cm³/mol. The first kappa shape index (κ1) is 8.48. The summed E-state index contributed by atoms with van der Waals surface area (Å²) in [6.07, 6.45) is 6.33. The van der Waals surface area contributed by atoms with Crippen LogP contribution in [0.2, 0.25) is 0 Å². The molecule has 3 nitrogen and oxygen atoms in total. The largest absolute Gasteiger partial charge is 0.354 e. The lowest BCUT2D eigenvalue weighted by atomic mass is 10.1. The standard InChI is InChI=1S/C10H15N3/c1-8-5-11-9(12-6-8)13-7-10(2)3-4-10/h5-6H,3-4,7H2,1-2H3,(H,11,12,13). The van der Waals surface area contributed by atoms with Gasteiger partial charge in [0.2, 0.25) is 5.95 Å². The minimum Gasteiger partial charge on any atom is -0.354 e. The number of hydrogen-bond acceptors (Lipinski definition) is 3. The zero-order chi connectivity index (χ0) is 9.31. The molecule has 1 aromatic rings. The molecule has 0 radical (unpaired) electrons. The molecule has 2 rings (SSSR count). The van der Waals surface area contributed by atoms with Crippen LogP contribution in [-0.4, -0.2) is 16.5 Å². The highest BCUT2D eigenvalue weighted by atomic mass is 15.1. The van der Waals surface area contributed by atoms with E-state index in [0.29, 0.717) is 5.41 Å². The van der Waals surface area contributed by atoms with E-state index in [1.807, 2.05) is 19.3 Å². The number of nitrogens with zero attached hydrogens (tertiary/aromatic N) is 2. The van der Waals surface area contributed by atoms with Crippen molar-refractivity contribution in [1.82, 2.24) is 9.97 Å². The average Bonchev–Trinajstić information content (AvgIpc) is 2.84. The molecule has 1 heterocycles. The third-order valence-corrected chi connectivity index (χ3v) is 2.56. The lowest BCUT2D eigenvalue weighted by Gasteiger charge is -2.09. The van der Waals surface area contributed by atoms with Crippen LogP contribution in [0.5, 0.6) is 0 Å². The Morgan fingerprint density at radius 1 is 1.38 bits per heavy atom.